The van der Waals surface area contributed by atoms with E-state index in [0.717, 1.165) is 11.7 Å². The predicted molar refractivity (Wildman–Crippen MR) is 93.3 cm³/mol. The first-order valence-corrected chi connectivity index (χ1v) is 9.59. The maximum atomic E-state index is 4.32. The largest absolute Gasteiger partial charge is 0.179 e. The standard InChI is InChI=1S/C18H38S/c1-3-5-7-8-9-10-11-15-18(14-6-4-2)16-12-13-17-19/h18-19H,3-17H2,1-2H3. The zero-order valence-corrected chi connectivity index (χ0v) is 14.5. The third kappa shape index (κ3) is 14.6. The fourth-order valence-electron chi connectivity index (χ4n) is 2.86. The van der Waals surface area contributed by atoms with Crippen molar-refractivity contribution < 1.29 is 0 Å². The molecule has 19 heavy (non-hydrogen) atoms. The van der Waals surface area contributed by atoms with E-state index in [-0.39, 0.29) is 0 Å². The highest BCUT2D eigenvalue weighted by atomic mass is 32.1. The van der Waals surface area contributed by atoms with Crippen molar-refractivity contribution in [3.05, 3.63) is 0 Å². The molecule has 0 bridgehead atoms. The fourth-order valence-corrected chi connectivity index (χ4v) is 3.08. The smallest absolute Gasteiger partial charge is 0.00979 e. The van der Waals surface area contributed by atoms with E-state index in [1.165, 1.54) is 89.9 Å². The lowest BCUT2D eigenvalue weighted by Crippen LogP contribution is -2.01. The van der Waals surface area contributed by atoms with Gasteiger partial charge in [-0.25, -0.2) is 0 Å². The van der Waals surface area contributed by atoms with Gasteiger partial charge in [-0.15, -0.1) is 0 Å². The van der Waals surface area contributed by atoms with Crippen LogP contribution < -0.4 is 0 Å². The Hall–Kier alpha value is 0.350. The van der Waals surface area contributed by atoms with Gasteiger partial charge in [-0.3, -0.25) is 0 Å². The zero-order valence-electron chi connectivity index (χ0n) is 13.6. The molecule has 0 aliphatic carbocycles. The summed E-state index contributed by atoms with van der Waals surface area (Å²) >= 11 is 4.32. The van der Waals surface area contributed by atoms with E-state index in [2.05, 4.69) is 26.5 Å². The predicted octanol–water partition coefficient (Wildman–Crippen LogP) is 7.03. The van der Waals surface area contributed by atoms with Crippen molar-refractivity contribution in [2.75, 3.05) is 5.75 Å². The van der Waals surface area contributed by atoms with Gasteiger partial charge in [0.2, 0.25) is 0 Å². The highest BCUT2D eigenvalue weighted by Gasteiger charge is 2.07. The molecule has 0 aliphatic heterocycles. The second-order valence-corrected chi connectivity index (χ2v) is 6.58. The van der Waals surface area contributed by atoms with Gasteiger partial charge in [0.05, 0.1) is 0 Å². The average molecular weight is 287 g/mol. The first-order chi connectivity index (χ1) is 9.35. The summed E-state index contributed by atoms with van der Waals surface area (Å²) in [5.74, 6) is 2.08. The van der Waals surface area contributed by atoms with Crippen molar-refractivity contribution in [2.24, 2.45) is 5.92 Å². The van der Waals surface area contributed by atoms with Crippen LogP contribution in [0.5, 0.6) is 0 Å². The summed E-state index contributed by atoms with van der Waals surface area (Å²) in [5, 5.41) is 0. The third-order valence-corrected chi connectivity index (χ3v) is 4.52. The number of hydrogen-bond donors (Lipinski definition) is 1. The van der Waals surface area contributed by atoms with Crippen LogP contribution in [0, 0.1) is 5.92 Å². The number of hydrogen-bond acceptors (Lipinski definition) is 1. The molecule has 0 saturated heterocycles. The Balaban J connectivity index is 3.49. The summed E-state index contributed by atoms with van der Waals surface area (Å²) in [6.07, 6.45) is 20.0. The Morgan fingerprint density at radius 3 is 1.63 bits per heavy atom. The molecule has 0 aromatic carbocycles. The van der Waals surface area contributed by atoms with Gasteiger partial charge in [0.1, 0.15) is 0 Å². The van der Waals surface area contributed by atoms with E-state index in [1.54, 1.807) is 0 Å². The Bertz CT molecular complexity index is 156. The van der Waals surface area contributed by atoms with Crippen LogP contribution in [0.3, 0.4) is 0 Å². The first-order valence-electron chi connectivity index (χ1n) is 8.96. The van der Waals surface area contributed by atoms with Gasteiger partial charge in [0, 0.05) is 0 Å². The summed E-state index contributed by atoms with van der Waals surface area (Å²) in [7, 11) is 0. The second-order valence-electron chi connectivity index (χ2n) is 6.14. The van der Waals surface area contributed by atoms with E-state index in [4.69, 9.17) is 0 Å². The molecule has 0 fully saturated rings. The number of unbranched alkanes of at least 4 members (excludes halogenated alkanes) is 8. The van der Waals surface area contributed by atoms with Crippen LogP contribution in [-0.4, -0.2) is 5.75 Å². The van der Waals surface area contributed by atoms with Gasteiger partial charge in [-0.2, -0.15) is 12.6 Å². The Kier molecular flexibility index (Phi) is 16.7. The Morgan fingerprint density at radius 2 is 1.05 bits per heavy atom. The van der Waals surface area contributed by atoms with Crippen LogP contribution in [0.1, 0.15) is 104 Å². The Labute approximate surface area is 128 Å². The summed E-state index contributed by atoms with van der Waals surface area (Å²) in [4.78, 5) is 0. The molecule has 0 amide bonds. The monoisotopic (exact) mass is 286 g/mol. The highest BCUT2D eigenvalue weighted by molar-refractivity contribution is 7.80. The van der Waals surface area contributed by atoms with Gasteiger partial charge in [0.15, 0.2) is 0 Å². The lowest BCUT2D eigenvalue weighted by Gasteiger charge is -2.16. The van der Waals surface area contributed by atoms with Crippen LogP contribution in [0.15, 0.2) is 0 Å². The molecule has 1 atom stereocenters. The maximum absolute atomic E-state index is 4.32. The minimum absolute atomic E-state index is 1.01. The van der Waals surface area contributed by atoms with Crippen molar-refractivity contribution in [3.63, 3.8) is 0 Å². The molecule has 1 heteroatoms. The molecule has 0 spiro atoms. The van der Waals surface area contributed by atoms with Crippen molar-refractivity contribution in [1.29, 1.82) is 0 Å². The number of rotatable bonds is 15. The molecule has 0 heterocycles. The molecule has 0 rings (SSSR count). The van der Waals surface area contributed by atoms with E-state index in [9.17, 15) is 0 Å². The van der Waals surface area contributed by atoms with Gasteiger partial charge >= 0.3 is 0 Å². The Morgan fingerprint density at radius 1 is 0.579 bits per heavy atom. The van der Waals surface area contributed by atoms with Crippen LogP contribution in [0.2, 0.25) is 0 Å². The molecular weight excluding hydrogens is 248 g/mol. The van der Waals surface area contributed by atoms with Crippen LogP contribution >= 0.6 is 12.6 Å². The van der Waals surface area contributed by atoms with Crippen molar-refractivity contribution in [3.8, 4) is 0 Å². The second kappa shape index (κ2) is 16.4. The lowest BCUT2D eigenvalue weighted by atomic mass is 9.90. The molecule has 0 nitrogen and oxygen atoms in total. The molecule has 0 aromatic rings. The molecule has 1 unspecified atom stereocenters. The fraction of sp³-hybridized carbons (Fsp3) is 1.00. The van der Waals surface area contributed by atoms with Gasteiger partial charge in [0.25, 0.3) is 0 Å². The average Bonchev–Trinajstić information content (AvgIpc) is 2.43. The minimum atomic E-state index is 1.01. The lowest BCUT2D eigenvalue weighted by molar-refractivity contribution is 0.376. The van der Waals surface area contributed by atoms with Crippen LogP contribution in [0.25, 0.3) is 0 Å². The topological polar surface area (TPSA) is 0 Å². The van der Waals surface area contributed by atoms with Crippen LogP contribution in [-0.2, 0) is 0 Å². The SMILES string of the molecule is CCCCCCCCCC(CCCC)CCCCS. The summed E-state index contributed by atoms with van der Waals surface area (Å²) in [6.45, 7) is 4.61. The molecule has 0 aromatic heterocycles. The highest BCUT2D eigenvalue weighted by Crippen LogP contribution is 2.23. The van der Waals surface area contributed by atoms with E-state index < -0.39 is 0 Å². The van der Waals surface area contributed by atoms with Crippen molar-refractivity contribution in [2.45, 2.75) is 104 Å². The zero-order chi connectivity index (χ0) is 14.2. The molecule has 0 N–H and O–H groups in total. The quantitative estimate of drug-likeness (QED) is 0.242. The van der Waals surface area contributed by atoms with E-state index >= 15 is 0 Å². The van der Waals surface area contributed by atoms with Gasteiger partial charge < -0.3 is 0 Å². The van der Waals surface area contributed by atoms with E-state index in [1.807, 2.05) is 0 Å². The molecule has 0 aliphatic rings. The third-order valence-electron chi connectivity index (χ3n) is 4.20. The van der Waals surface area contributed by atoms with Crippen molar-refractivity contribution >= 4 is 12.6 Å². The first kappa shape index (κ1) is 19.4. The van der Waals surface area contributed by atoms with Gasteiger partial charge in [-0.1, -0.05) is 97.3 Å². The summed E-state index contributed by atoms with van der Waals surface area (Å²) < 4.78 is 0. The van der Waals surface area contributed by atoms with Crippen molar-refractivity contribution in [1.82, 2.24) is 0 Å². The normalized spacial score (nSPS) is 12.8. The van der Waals surface area contributed by atoms with Gasteiger partial charge in [-0.05, 0) is 18.1 Å². The molecular formula is C18H38S. The summed E-state index contributed by atoms with van der Waals surface area (Å²) in [5.41, 5.74) is 0. The molecule has 0 saturated carbocycles. The van der Waals surface area contributed by atoms with E-state index in [0.29, 0.717) is 0 Å². The summed E-state index contributed by atoms with van der Waals surface area (Å²) in [6, 6.07) is 0. The minimum Gasteiger partial charge on any atom is -0.179 e. The molecule has 116 valence electrons. The maximum Gasteiger partial charge on any atom is -0.00979 e. The number of thiol groups is 1. The molecule has 0 radical (unpaired) electrons. The van der Waals surface area contributed by atoms with Crippen LogP contribution in [0.4, 0.5) is 0 Å².